The first kappa shape index (κ1) is 22.4. The molecule has 1 N–H and O–H groups in total. The van der Waals surface area contributed by atoms with Crippen LogP contribution in [0.4, 0.5) is 10.1 Å². The summed E-state index contributed by atoms with van der Waals surface area (Å²) < 4.78 is 48.0. The summed E-state index contributed by atoms with van der Waals surface area (Å²) in [7, 11) is -1.90. The summed E-state index contributed by atoms with van der Waals surface area (Å²) in [5.74, 6) is -0.00141. The van der Waals surface area contributed by atoms with Crippen LogP contribution >= 0.6 is 34.5 Å². The fourth-order valence-electron chi connectivity index (χ4n) is 3.34. The molecule has 164 valence electrons. The van der Waals surface area contributed by atoms with Gasteiger partial charge in [0.25, 0.3) is 10.0 Å². The van der Waals surface area contributed by atoms with E-state index in [1.54, 1.807) is 30.3 Å². The summed E-state index contributed by atoms with van der Waals surface area (Å²) in [6.07, 6.45) is 0.874. The van der Waals surface area contributed by atoms with Gasteiger partial charge in [0.1, 0.15) is 21.9 Å². The quantitative estimate of drug-likeness (QED) is 0.468. The van der Waals surface area contributed by atoms with Crippen LogP contribution in [0.2, 0.25) is 10.0 Å². The number of thiophene rings is 1. The minimum Gasteiger partial charge on any atom is -0.487 e. The Hall–Kier alpha value is -1.84. The summed E-state index contributed by atoms with van der Waals surface area (Å²) in [6.45, 7) is 1.71. The maximum Gasteiger partial charge on any atom is 0.271 e. The molecule has 1 saturated heterocycles. The van der Waals surface area contributed by atoms with Crippen LogP contribution in [-0.4, -0.2) is 39.6 Å². The molecule has 0 amide bonds. The van der Waals surface area contributed by atoms with Crippen LogP contribution in [-0.2, 0) is 10.0 Å². The van der Waals surface area contributed by atoms with Gasteiger partial charge >= 0.3 is 0 Å². The van der Waals surface area contributed by atoms with E-state index in [-0.39, 0.29) is 15.3 Å². The SMILES string of the molecule is CN1CC[C@@H](Oc2cc(NS(=O)(=O)c3cc(Cl)c(-c4cccc(F)c4)s3)ccc2Cl)C1. The Morgan fingerprint density at radius 2 is 1.97 bits per heavy atom. The Morgan fingerprint density at radius 1 is 1.16 bits per heavy atom. The van der Waals surface area contributed by atoms with Crippen LogP contribution in [0.1, 0.15) is 6.42 Å². The summed E-state index contributed by atoms with van der Waals surface area (Å²) in [5, 5.41) is 0.645. The first-order valence-corrected chi connectivity index (χ1v) is 12.5. The highest BCUT2D eigenvalue weighted by atomic mass is 35.5. The van der Waals surface area contributed by atoms with Crippen molar-refractivity contribution in [2.24, 2.45) is 0 Å². The zero-order valence-electron chi connectivity index (χ0n) is 16.4. The van der Waals surface area contributed by atoms with Crippen molar-refractivity contribution in [2.75, 3.05) is 24.9 Å². The molecule has 0 spiro atoms. The van der Waals surface area contributed by atoms with E-state index in [0.29, 0.717) is 26.9 Å². The molecule has 0 aliphatic carbocycles. The molecule has 1 atom stereocenters. The number of rotatable bonds is 6. The highest BCUT2D eigenvalue weighted by Gasteiger charge is 2.24. The lowest BCUT2D eigenvalue weighted by Crippen LogP contribution is -2.21. The molecule has 0 unspecified atom stereocenters. The standard InChI is InChI=1S/C21H19Cl2FN2O3S2/c1-26-8-7-16(12-26)29-19-10-15(5-6-17(19)22)25-31(27,28)20-11-18(23)21(30-20)13-3-2-4-14(24)9-13/h2-6,9-11,16,25H,7-8,12H2,1H3/t16-/m1/s1. The largest absolute Gasteiger partial charge is 0.487 e. The molecule has 0 radical (unpaired) electrons. The second kappa shape index (κ2) is 8.96. The smallest absolute Gasteiger partial charge is 0.271 e. The van der Waals surface area contributed by atoms with Crippen molar-refractivity contribution in [3.8, 4) is 16.2 Å². The predicted octanol–water partition coefficient (Wildman–Crippen LogP) is 5.74. The van der Waals surface area contributed by atoms with Gasteiger partial charge in [0, 0.05) is 19.2 Å². The van der Waals surface area contributed by atoms with Crippen LogP contribution in [0, 0.1) is 5.82 Å². The fourth-order valence-corrected chi connectivity index (χ4v) is 6.37. The zero-order chi connectivity index (χ0) is 22.2. The number of anilines is 1. The molecule has 2 aromatic carbocycles. The lowest BCUT2D eigenvalue weighted by atomic mass is 10.2. The lowest BCUT2D eigenvalue weighted by molar-refractivity contribution is 0.208. The average Bonchev–Trinajstić information content (AvgIpc) is 3.30. The molecule has 3 aromatic rings. The number of hydrogen-bond acceptors (Lipinski definition) is 5. The predicted molar refractivity (Wildman–Crippen MR) is 124 cm³/mol. The Morgan fingerprint density at radius 3 is 2.68 bits per heavy atom. The minimum atomic E-state index is -3.92. The van der Waals surface area contributed by atoms with Gasteiger partial charge in [0.15, 0.2) is 0 Å². The lowest BCUT2D eigenvalue weighted by Gasteiger charge is -2.16. The molecule has 2 heterocycles. The Balaban J connectivity index is 1.57. The van der Waals surface area contributed by atoms with Crippen molar-refractivity contribution in [3.05, 3.63) is 64.4 Å². The molecule has 31 heavy (non-hydrogen) atoms. The highest BCUT2D eigenvalue weighted by molar-refractivity contribution is 7.94. The minimum absolute atomic E-state index is 0.000661. The molecule has 1 aliphatic rings. The number of nitrogens with one attached hydrogen (secondary N) is 1. The molecule has 1 fully saturated rings. The third-order valence-corrected chi connectivity index (χ3v) is 8.60. The van der Waals surface area contributed by atoms with Crippen LogP contribution in [0.5, 0.6) is 5.75 Å². The highest BCUT2D eigenvalue weighted by Crippen LogP contribution is 2.39. The van der Waals surface area contributed by atoms with E-state index in [2.05, 4.69) is 9.62 Å². The number of benzene rings is 2. The Bertz CT molecular complexity index is 1220. The van der Waals surface area contributed by atoms with Gasteiger partial charge in [-0.15, -0.1) is 11.3 Å². The van der Waals surface area contributed by atoms with Gasteiger partial charge in [0.2, 0.25) is 0 Å². The number of likely N-dealkylation sites (N-methyl/N-ethyl adjacent to an activating group) is 1. The molecule has 1 aliphatic heterocycles. The van der Waals surface area contributed by atoms with Crippen LogP contribution in [0.25, 0.3) is 10.4 Å². The molecule has 0 saturated carbocycles. The molecular formula is C21H19Cl2FN2O3S2. The molecule has 10 heteroatoms. The van der Waals surface area contributed by atoms with Gasteiger partial charge in [-0.1, -0.05) is 35.3 Å². The normalized spacial score (nSPS) is 17.1. The molecule has 0 bridgehead atoms. The molecule has 4 rings (SSSR count). The maximum absolute atomic E-state index is 13.6. The van der Waals surface area contributed by atoms with Crippen molar-refractivity contribution in [1.82, 2.24) is 4.90 Å². The zero-order valence-corrected chi connectivity index (χ0v) is 19.6. The van der Waals surface area contributed by atoms with E-state index < -0.39 is 15.8 Å². The van der Waals surface area contributed by atoms with Crippen molar-refractivity contribution >= 4 is 50.2 Å². The van der Waals surface area contributed by atoms with Crippen molar-refractivity contribution in [1.29, 1.82) is 0 Å². The number of hydrogen-bond donors (Lipinski definition) is 1. The number of halogens is 3. The van der Waals surface area contributed by atoms with E-state index >= 15 is 0 Å². The second-order valence-electron chi connectivity index (χ2n) is 7.29. The van der Waals surface area contributed by atoms with Gasteiger partial charge in [-0.2, -0.15) is 0 Å². The van der Waals surface area contributed by atoms with Crippen molar-refractivity contribution < 1.29 is 17.5 Å². The number of nitrogens with zero attached hydrogens (tertiary/aromatic N) is 1. The van der Waals surface area contributed by atoms with Gasteiger partial charge in [0.05, 0.1) is 20.6 Å². The van der Waals surface area contributed by atoms with Crippen molar-refractivity contribution in [2.45, 2.75) is 16.7 Å². The van der Waals surface area contributed by atoms with Crippen LogP contribution < -0.4 is 9.46 Å². The van der Waals surface area contributed by atoms with Gasteiger partial charge in [-0.25, -0.2) is 12.8 Å². The van der Waals surface area contributed by atoms with E-state index in [4.69, 9.17) is 27.9 Å². The fraction of sp³-hybridized carbons (Fsp3) is 0.238. The first-order chi connectivity index (χ1) is 14.7. The topological polar surface area (TPSA) is 58.6 Å². The van der Waals surface area contributed by atoms with Crippen LogP contribution in [0.15, 0.2) is 52.7 Å². The summed E-state index contributed by atoms with van der Waals surface area (Å²) >= 11 is 13.5. The van der Waals surface area contributed by atoms with Gasteiger partial charge in [-0.05, 0) is 49.4 Å². The van der Waals surface area contributed by atoms with E-state index in [1.807, 2.05) is 7.05 Å². The summed E-state index contributed by atoms with van der Waals surface area (Å²) in [5.41, 5.74) is 0.836. The van der Waals surface area contributed by atoms with E-state index in [9.17, 15) is 12.8 Å². The Kier molecular flexibility index (Phi) is 6.46. The third-order valence-electron chi connectivity index (χ3n) is 4.84. The second-order valence-corrected chi connectivity index (χ2v) is 11.1. The average molecular weight is 501 g/mol. The summed E-state index contributed by atoms with van der Waals surface area (Å²) in [6, 6.07) is 11.9. The Labute approximate surface area is 194 Å². The molecular weight excluding hydrogens is 482 g/mol. The monoisotopic (exact) mass is 500 g/mol. The van der Waals surface area contributed by atoms with Gasteiger partial charge < -0.3 is 9.64 Å². The maximum atomic E-state index is 13.6. The number of sulfonamides is 1. The number of likely N-dealkylation sites (tertiary alicyclic amines) is 1. The first-order valence-electron chi connectivity index (χ1n) is 9.44. The summed E-state index contributed by atoms with van der Waals surface area (Å²) in [4.78, 5) is 2.63. The third kappa shape index (κ3) is 5.15. The molecule has 1 aromatic heterocycles. The van der Waals surface area contributed by atoms with Crippen LogP contribution in [0.3, 0.4) is 0 Å². The van der Waals surface area contributed by atoms with E-state index in [1.165, 1.54) is 18.2 Å². The number of ether oxygens (including phenoxy) is 1. The molecule has 5 nitrogen and oxygen atoms in total. The van der Waals surface area contributed by atoms with Gasteiger partial charge in [-0.3, -0.25) is 4.72 Å². The van der Waals surface area contributed by atoms with E-state index in [0.717, 1.165) is 30.8 Å². The van der Waals surface area contributed by atoms with Crippen molar-refractivity contribution in [3.63, 3.8) is 0 Å².